The second-order valence-electron chi connectivity index (χ2n) is 4.91. The number of nitrogens with zero attached hydrogens (tertiary/aromatic N) is 2. The van der Waals surface area contributed by atoms with Crippen molar-refractivity contribution in [3.63, 3.8) is 0 Å². The molecule has 0 amide bonds. The molecule has 0 radical (unpaired) electrons. The molecule has 7 nitrogen and oxygen atoms in total. The summed E-state index contributed by atoms with van der Waals surface area (Å²) in [6, 6.07) is 0. The second kappa shape index (κ2) is 4.85. The Bertz CT molecular complexity index is 539. The van der Waals surface area contributed by atoms with E-state index in [1.54, 1.807) is 32.7 Å². The fraction of sp³-hybridized carbons (Fsp3) is 0.636. The Morgan fingerprint density at radius 3 is 2.44 bits per heavy atom. The Morgan fingerprint density at radius 1 is 1.44 bits per heavy atom. The summed E-state index contributed by atoms with van der Waals surface area (Å²) in [6.07, 6.45) is 0. The molecule has 0 fully saturated rings. The first-order valence-corrected chi connectivity index (χ1v) is 5.73. The number of nitrogen functional groups attached to an aromatic ring is 1. The van der Waals surface area contributed by atoms with E-state index in [4.69, 9.17) is 5.73 Å². The van der Waals surface area contributed by atoms with Crippen LogP contribution in [0.1, 0.15) is 20.8 Å². The Labute approximate surface area is 105 Å². The standard InChI is InChI=1S/C11H20N4O3/c1-5-15-8(12)7(9(16)13-10(15)17)14(4)6-11(2,3)18/h18H,5-6,12H2,1-4H3,(H,13,16,17). The molecule has 0 aliphatic heterocycles. The SMILES string of the molecule is CCn1c(N)c(N(C)CC(C)(C)O)c(=O)[nH]c1=O. The molecule has 0 unspecified atom stereocenters. The maximum Gasteiger partial charge on any atom is 0.330 e. The van der Waals surface area contributed by atoms with Crippen LogP contribution in [0.2, 0.25) is 0 Å². The number of aromatic nitrogens is 2. The van der Waals surface area contributed by atoms with Crippen LogP contribution in [0, 0.1) is 0 Å². The van der Waals surface area contributed by atoms with Gasteiger partial charge in [-0.3, -0.25) is 14.3 Å². The average Bonchev–Trinajstić information content (AvgIpc) is 2.13. The van der Waals surface area contributed by atoms with Gasteiger partial charge in [-0.2, -0.15) is 0 Å². The number of hydrogen-bond acceptors (Lipinski definition) is 5. The lowest BCUT2D eigenvalue weighted by Crippen LogP contribution is -2.42. The lowest BCUT2D eigenvalue weighted by molar-refractivity contribution is 0.0886. The summed E-state index contributed by atoms with van der Waals surface area (Å²) in [5, 5.41) is 9.75. The van der Waals surface area contributed by atoms with Crippen LogP contribution in [0.3, 0.4) is 0 Å². The molecule has 102 valence electrons. The maximum absolute atomic E-state index is 11.8. The summed E-state index contributed by atoms with van der Waals surface area (Å²) < 4.78 is 1.28. The van der Waals surface area contributed by atoms with Gasteiger partial charge in [0, 0.05) is 20.1 Å². The molecule has 1 rings (SSSR count). The first-order chi connectivity index (χ1) is 8.17. The van der Waals surface area contributed by atoms with Gasteiger partial charge in [-0.15, -0.1) is 0 Å². The number of nitrogens with two attached hydrogens (primary N) is 1. The number of anilines is 2. The van der Waals surface area contributed by atoms with Gasteiger partial charge >= 0.3 is 5.69 Å². The molecule has 0 aliphatic rings. The quantitative estimate of drug-likeness (QED) is 0.663. The Kier molecular flexibility index (Phi) is 3.85. The third-order valence-corrected chi connectivity index (χ3v) is 2.54. The van der Waals surface area contributed by atoms with Gasteiger partial charge in [0.25, 0.3) is 5.56 Å². The monoisotopic (exact) mass is 256 g/mol. The third kappa shape index (κ3) is 2.92. The predicted molar refractivity (Wildman–Crippen MR) is 71.0 cm³/mol. The van der Waals surface area contributed by atoms with Crippen LogP contribution < -0.4 is 21.9 Å². The molecular weight excluding hydrogens is 236 g/mol. The van der Waals surface area contributed by atoms with Crippen LogP contribution in [0.5, 0.6) is 0 Å². The first kappa shape index (κ1) is 14.3. The smallest absolute Gasteiger partial charge is 0.330 e. The highest BCUT2D eigenvalue weighted by Gasteiger charge is 2.21. The van der Waals surface area contributed by atoms with Crippen LogP contribution in [0.25, 0.3) is 0 Å². The summed E-state index contributed by atoms with van der Waals surface area (Å²) in [6.45, 7) is 5.61. The molecule has 1 heterocycles. The van der Waals surface area contributed by atoms with Crippen molar-refractivity contribution in [2.45, 2.75) is 32.9 Å². The van der Waals surface area contributed by atoms with Crippen molar-refractivity contribution in [3.05, 3.63) is 20.8 Å². The molecule has 1 aromatic rings. The van der Waals surface area contributed by atoms with Crippen LogP contribution >= 0.6 is 0 Å². The minimum Gasteiger partial charge on any atom is -0.389 e. The van der Waals surface area contributed by atoms with E-state index in [1.807, 2.05) is 0 Å². The Balaban J connectivity index is 3.33. The van der Waals surface area contributed by atoms with Crippen molar-refractivity contribution in [1.82, 2.24) is 9.55 Å². The van der Waals surface area contributed by atoms with E-state index in [2.05, 4.69) is 4.98 Å². The number of aromatic amines is 1. The van der Waals surface area contributed by atoms with Gasteiger partial charge in [0.15, 0.2) is 0 Å². The van der Waals surface area contributed by atoms with E-state index in [-0.39, 0.29) is 18.1 Å². The number of H-pyrrole nitrogens is 1. The van der Waals surface area contributed by atoms with Crippen LogP contribution in [0.4, 0.5) is 11.5 Å². The highest BCUT2D eigenvalue weighted by molar-refractivity contribution is 5.62. The van der Waals surface area contributed by atoms with Gasteiger partial charge in [0.2, 0.25) is 0 Å². The lowest BCUT2D eigenvalue weighted by Gasteiger charge is -2.27. The van der Waals surface area contributed by atoms with Crippen molar-refractivity contribution in [2.75, 3.05) is 24.2 Å². The lowest BCUT2D eigenvalue weighted by atomic mass is 10.1. The molecule has 0 aromatic carbocycles. The van der Waals surface area contributed by atoms with Crippen molar-refractivity contribution >= 4 is 11.5 Å². The summed E-state index contributed by atoms with van der Waals surface area (Å²) >= 11 is 0. The summed E-state index contributed by atoms with van der Waals surface area (Å²) in [5.41, 5.74) is 3.98. The van der Waals surface area contributed by atoms with E-state index in [0.717, 1.165) is 0 Å². The molecule has 18 heavy (non-hydrogen) atoms. The number of hydrogen-bond donors (Lipinski definition) is 3. The Morgan fingerprint density at radius 2 is 2.00 bits per heavy atom. The summed E-state index contributed by atoms with van der Waals surface area (Å²) in [5.74, 6) is 0.109. The molecule has 0 bridgehead atoms. The molecule has 0 atom stereocenters. The van der Waals surface area contributed by atoms with Crippen molar-refractivity contribution < 1.29 is 5.11 Å². The van der Waals surface area contributed by atoms with Crippen LogP contribution in [-0.2, 0) is 6.54 Å². The van der Waals surface area contributed by atoms with E-state index in [9.17, 15) is 14.7 Å². The zero-order valence-corrected chi connectivity index (χ0v) is 11.1. The van der Waals surface area contributed by atoms with Gasteiger partial charge in [0.05, 0.1) is 5.60 Å². The first-order valence-electron chi connectivity index (χ1n) is 5.73. The topological polar surface area (TPSA) is 104 Å². The Hall–Kier alpha value is -1.76. The van der Waals surface area contributed by atoms with Gasteiger partial charge in [-0.1, -0.05) is 0 Å². The van der Waals surface area contributed by atoms with Gasteiger partial charge in [-0.25, -0.2) is 4.79 Å². The maximum atomic E-state index is 11.8. The molecule has 0 saturated heterocycles. The van der Waals surface area contributed by atoms with E-state index >= 15 is 0 Å². The summed E-state index contributed by atoms with van der Waals surface area (Å²) in [4.78, 5) is 27.1. The van der Waals surface area contributed by atoms with Crippen LogP contribution in [0.15, 0.2) is 9.59 Å². The van der Waals surface area contributed by atoms with Gasteiger partial charge < -0.3 is 15.7 Å². The minimum absolute atomic E-state index is 0.109. The van der Waals surface area contributed by atoms with E-state index < -0.39 is 16.9 Å². The fourth-order valence-electron chi connectivity index (χ4n) is 1.92. The highest BCUT2D eigenvalue weighted by Crippen LogP contribution is 2.17. The zero-order valence-electron chi connectivity index (χ0n) is 11.1. The van der Waals surface area contributed by atoms with E-state index in [1.165, 1.54) is 4.57 Å². The molecule has 0 saturated carbocycles. The molecule has 7 heteroatoms. The van der Waals surface area contributed by atoms with Crippen molar-refractivity contribution in [3.8, 4) is 0 Å². The number of aliphatic hydroxyl groups is 1. The summed E-state index contributed by atoms with van der Waals surface area (Å²) in [7, 11) is 1.64. The number of likely N-dealkylation sites (N-methyl/N-ethyl adjacent to an activating group) is 1. The normalized spacial score (nSPS) is 11.6. The van der Waals surface area contributed by atoms with E-state index in [0.29, 0.717) is 6.54 Å². The molecule has 1 aromatic heterocycles. The van der Waals surface area contributed by atoms with Crippen LogP contribution in [-0.4, -0.2) is 33.9 Å². The van der Waals surface area contributed by atoms with Gasteiger partial charge in [-0.05, 0) is 20.8 Å². The molecule has 4 N–H and O–H groups in total. The second-order valence-corrected chi connectivity index (χ2v) is 4.91. The average molecular weight is 256 g/mol. The molecular formula is C11H20N4O3. The van der Waals surface area contributed by atoms with Crippen molar-refractivity contribution in [2.24, 2.45) is 0 Å². The highest BCUT2D eigenvalue weighted by atomic mass is 16.3. The molecule has 0 aliphatic carbocycles. The number of rotatable bonds is 4. The third-order valence-electron chi connectivity index (χ3n) is 2.54. The molecule has 0 spiro atoms. The minimum atomic E-state index is -0.971. The predicted octanol–water partition coefficient (Wildman–Crippen LogP) is -0.654. The van der Waals surface area contributed by atoms with Crippen molar-refractivity contribution in [1.29, 1.82) is 0 Å². The largest absolute Gasteiger partial charge is 0.389 e. The zero-order chi connectivity index (χ0) is 14.1. The van der Waals surface area contributed by atoms with Gasteiger partial charge in [0.1, 0.15) is 11.5 Å². The number of nitrogens with one attached hydrogen (secondary N) is 1. The fourth-order valence-corrected chi connectivity index (χ4v) is 1.92.